The molecule has 5 nitrogen and oxygen atoms in total. The number of carbonyl (C=O) groups excluding carboxylic acids is 2. The molecule has 4 rings (SSSR count). The molecule has 0 aromatic heterocycles. The summed E-state index contributed by atoms with van der Waals surface area (Å²) in [6.07, 6.45) is -0.405. The molecular weight excluding hydrogens is 444 g/mol. The number of carbonyl (C=O) groups is 2. The standard InChI is InChI=1S/C26H36N2O3Si2/c1-26(28-21(18-31-24(28)30)19-14-10-8-11-15-19)22(20-16-12-9-13-17-20)27(23(26)29)25(32(2,3)4)33(5,6)7/h8-17,21-22,25H,18H2,1-7H3/t21-,22-,26-/m1/s1. The molecule has 2 aromatic rings. The minimum atomic E-state index is -1.74. The summed E-state index contributed by atoms with van der Waals surface area (Å²) < 4.78 is 5.55. The number of nitrogens with zero attached hydrogens (tertiary/aromatic N) is 2. The van der Waals surface area contributed by atoms with Crippen LogP contribution >= 0.6 is 0 Å². The fraction of sp³-hybridized carbons (Fsp3) is 0.462. The van der Waals surface area contributed by atoms with Gasteiger partial charge in [0.2, 0.25) is 0 Å². The van der Waals surface area contributed by atoms with Crippen LogP contribution in [0.3, 0.4) is 0 Å². The predicted molar refractivity (Wildman–Crippen MR) is 137 cm³/mol. The number of likely N-dealkylation sites (tertiary alicyclic amines) is 1. The Balaban J connectivity index is 1.85. The van der Waals surface area contributed by atoms with Gasteiger partial charge in [0.15, 0.2) is 0 Å². The summed E-state index contributed by atoms with van der Waals surface area (Å²) in [7, 11) is -3.48. The van der Waals surface area contributed by atoms with Crippen molar-refractivity contribution in [2.45, 2.75) is 69.1 Å². The third-order valence-electron chi connectivity index (χ3n) is 7.07. The average molecular weight is 481 g/mol. The van der Waals surface area contributed by atoms with Gasteiger partial charge >= 0.3 is 6.09 Å². The number of ether oxygens (including phenoxy) is 1. The maximum Gasteiger partial charge on any atom is 0.411 e. The number of amides is 2. The highest BCUT2D eigenvalue weighted by Crippen LogP contribution is 2.54. The highest BCUT2D eigenvalue weighted by atomic mass is 28.4. The number of hydrogen-bond acceptors (Lipinski definition) is 3. The molecule has 2 heterocycles. The van der Waals surface area contributed by atoms with Gasteiger partial charge < -0.3 is 9.64 Å². The van der Waals surface area contributed by atoms with Gasteiger partial charge in [-0.2, -0.15) is 0 Å². The van der Waals surface area contributed by atoms with Gasteiger partial charge in [-0.25, -0.2) is 4.79 Å². The molecule has 2 aromatic carbocycles. The van der Waals surface area contributed by atoms with E-state index in [9.17, 15) is 9.59 Å². The van der Waals surface area contributed by atoms with Crippen LogP contribution in [-0.4, -0.2) is 55.4 Å². The molecule has 176 valence electrons. The van der Waals surface area contributed by atoms with E-state index in [-0.39, 0.29) is 29.9 Å². The summed E-state index contributed by atoms with van der Waals surface area (Å²) in [5, 5.41) is 0.254. The van der Waals surface area contributed by atoms with Gasteiger partial charge in [0.1, 0.15) is 12.1 Å². The van der Waals surface area contributed by atoms with E-state index < -0.39 is 27.8 Å². The molecule has 2 aliphatic heterocycles. The van der Waals surface area contributed by atoms with E-state index in [1.54, 1.807) is 4.90 Å². The van der Waals surface area contributed by atoms with Crippen LogP contribution < -0.4 is 0 Å². The van der Waals surface area contributed by atoms with Gasteiger partial charge in [0.25, 0.3) is 5.91 Å². The monoisotopic (exact) mass is 480 g/mol. The van der Waals surface area contributed by atoms with Crippen LogP contribution in [0.1, 0.15) is 30.1 Å². The zero-order chi connectivity index (χ0) is 24.2. The molecule has 7 heteroatoms. The van der Waals surface area contributed by atoms with E-state index in [4.69, 9.17) is 4.74 Å². The molecule has 0 radical (unpaired) electrons. The summed E-state index contributed by atoms with van der Waals surface area (Å²) in [6.45, 7) is 16.4. The van der Waals surface area contributed by atoms with Crippen LogP contribution in [0, 0.1) is 0 Å². The normalized spacial score (nSPS) is 25.9. The van der Waals surface area contributed by atoms with Crippen molar-refractivity contribution in [3.05, 3.63) is 71.8 Å². The van der Waals surface area contributed by atoms with Gasteiger partial charge in [-0.1, -0.05) is 99.9 Å². The Morgan fingerprint density at radius 2 is 1.33 bits per heavy atom. The first kappa shape index (κ1) is 23.8. The minimum Gasteiger partial charge on any atom is -0.447 e. The zero-order valence-corrected chi connectivity index (χ0v) is 22.8. The van der Waals surface area contributed by atoms with Crippen molar-refractivity contribution in [1.82, 2.24) is 9.80 Å². The summed E-state index contributed by atoms with van der Waals surface area (Å²) in [5.41, 5.74) is 1.08. The molecule has 0 unspecified atom stereocenters. The molecular formula is C26H36N2O3Si2. The quantitative estimate of drug-likeness (QED) is 0.397. The van der Waals surface area contributed by atoms with Gasteiger partial charge in [0.05, 0.1) is 28.2 Å². The van der Waals surface area contributed by atoms with Crippen molar-refractivity contribution in [2.75, 3.05) is 6.61 Å². The smallest absolute Gasteiger partial charge is 0.411 e. The Morgan fingerprint density at radius 3 is 1.82 bits per heavy atom. The number of cyclic esters (lactones) is 1. The predicted octanol–water partition coefficient (Wildman–Crippen LogP) is 5.65. The zero-order valence-electron chi connectivity index (χ0n) is 20.8. The number of rotatable bonds is 6. The van der Waals surface area contributed by atoms with Gasteiger partial charge in [-0.05, 0) is 18.1 Å². The van der Waals surface area contributed by atoms with Crippen LogP contribution in [0.5, 0.6) is 0 Å². The number of benzene rings is 2. The molecule has 2 saturated heterocycles. The second kappa shape index (κ2) is 8.13. The first-order valence-corrected chi connectivity index (χ1v) is 18.9. The second-order valence-electron chi connectivity index (χ2n) is 11.7. The summed E-state index contributed by atoms with van der Waals surface area (Å²) in [5.74, 6) is 0.0472. The van der Waals surface area contributed by atoms with Gasteiger partial charge in [0, 0.05) is 5.29 Å². The molecule has 0 spiro atoms. The maximum atomic E-state index is 14.2. The Labute approximate surface area is 199 Å². The number of β-lactam (4-membered cyclic amide) rings is 1. The molecule has 2 amide bonds. The van der Waals surface area contributed by atoms with Crippen LogP contribution in [-0.2, 0) is 9.53 Å². The highest BCUT2D eigenvalue weighted by molar-refractivity contribution is 6.96. The summed E-state index contributed by atoms with van der Waals surface area (Å²) >= 11 is 0. The molecule has 33 heavy (non-hydrogen) atoms. The van der Waals surface area contributed by atoms with Crippen LogP contribution in [0.4, 0.5) is 4.79 Å². The van der Waals surface area contributed by atoms with Crippen LogP contribution in [0.25, 0.3) is 0 Å². The molecule has 2 aliphatic rings. The molecule has 3 atom stereocenters. The summed E-state index contributed by atoms with van der Waals surface area (Å²) in [4.78, 5) is 31.3. The topological polar surface area (TPSA) is 49.9 Å². The Morgan fingerprint density at radius 1 is 0.848 bits per heavy atom. The van der Waals surface area contributed by atoms with E-state index in [0.29, 0.717) is 0 Å². The lowest BCUT2D eigenvalue weighted by Crippen LogP contribution is -2.81. The molecule has 0 bridgehead atoms. The van der Waals surface area contributed by atoms with Gasteiger partial charge in [-0.15, -0.1) is 0 Å². The maximum absolute atomic E-state index is 14.2. The van der Waals surface area contributed by atoms with Crippen molar-refractivity contribution in [2.24, 2.45) is 0 Å². The average Bonchev–Trinajstić information content (AvgIpc) is 3.14. The van der Waals surface area contributed by atoms with Crippen LogP contribution in [0.15, 0.2) is 60.7 Å². The van der Waals surface area contributed by atoms with Crippen molar-refractivity contribution in [1.29, 1.82) is 0 Å². The van der Waals surface area contributed by atoms with Crippen molar-refractivity contribution in [3.63, 3.8) is 0 Å². The largest absolute Gasteiger partial charge is 0.447 e. The lowest BCUT2D eigenvalue weighted by molar-refractivity contribution is -0.174. The minimum absolute atomic E-state index is 0.0472. The second-order valence-corrected chi connectivity index (χ2v) is 22.8. The summed E-state index contributed by atoms with van der Waals surface area (Å²) in [6, 6.07) is 19.6. The molecule has 0 N–H and O–H groups in total. The highest BCUT2D eigenvalue weighted by Gasteiger charge is 2.68. The lowest BCUT2D eigenvalue weighted by atomic mass is 9.74. The fourth-order valence-corrected chi connectivity index (χ4v) is 18.9. The third kappa shape index (κ3) is 3.85. The van der Waals surface area contributed by atoms with E-state index in [0.717, 1.165) is 11.1 Å². The van der Waals surface area contributed by atoms with E-state index >= 15 is 0 Å². The lowest BCUT2D eigenvalue weighted by Gasteiger charge is -2.64. The van der Waals surface area contributed by atoms with Crippen molar-refractivity contribution >= 4 is 28.1 Å². The van der Waals surface area contributed by atoms with Crippen molar-refractivity contribution in [3.8, 4) is 0 Å². The Kier molecular flexibility index (Phi) is 5.85. The third-order valence-corrected chi connectivity index (χ3v) is 16.1. The van der Waals surface area contributed by atoms with E-state index in [2.05, 4.69) is 56.3 Å². The SMILES string of the molecule is C[C@]1(N2C(=O)OC[C@@H]2c2ccccc2)C(=O)N(C([Si](C)(C)C)[Si](C)(C)C)[C@@H]1c1ccccc1. The van der Waals surface area contributed by atoms with Crippen LogP contribution in [0.2, 0.25) is 39.3 Å². The number of hydrogen-bond donors (Lipinski definition) is 0. The van der Waals surface area contributed by atoms with E-state index in [1.807, 2.05) is 55.5 Å². The Hall–Kier alpha value is -2.39. The Bertz CT molecular complexity index is 1020. The van der Waals surface area contributed by atoms with Crippen molar-refractivity contribution < 1.29 is 14.3 Å². The van der Waals surface area contributed by atoms with Gasteiger partial charge in [-0.3, -0.25) is 9.69 Å². The molecule has 2 fully saturated rings. The first-order valence-electron chi connectivity index (χ1n) is 11.8. The van der Waals surface area contributed by atoms with E-state index in [1.165, 1.54) is 0 Å². The fourth-order valence-electron chi connectivity index (χ4n) is 6.31. The molecule has 0 saturated carbocycles. The molecule has 0 aliphatic carbocycles. The first-order chi connectivity index (χ1) is 15.4.